The molecule has 0 fully saturated rings. The van der Waals surface area contributed by atoms with E-state index in [1.807, 2.05) is 11.8 Å². The summed E-state index contributed by atoms with van der Waals surface area (Å²) in [5, 5.41) is 2.57. The second-order valence-corrected chi connectivity index (χ2v) is 5.80. The summed E-state index contributed by atoms with van der Waals surface area (Å²) in [7, 11) is 1.41. The molecule has 0 heterocycles. The zero-order valence-corrected chi connectivity index (χ0v) is 14.6. The molecule has 0 radical (unpaired) electrons. The molecule has 0 atom stereocenters. The van der Waals surface area contributed by atoms with Gasteiger partial charge in [0.2, 0.25) is 5.91 Å². The smallest absolute Gasteiger partial charge is 0.238 e. The van der Waals surface area contributed by atoms with Gasteiger partial charge in [0.1, 0.15) is 5.82 Å². The summed E-state index contributed by atoms with van der Waals surface area (Å²) in [6, 6.07) is 9.34. The van der Waals surface area contributed by atoms with Crippen molar-refractivity contribution in [2.75, 3.05) is 25.5 Å². The van der Waals surface area contributed by atoms with Gasteiger partial charge >= 0.3 is 0 Å². The van der Waals surface area contributed by atoms with Gasteiger partial charge in [-0.2, -0.15) is 0 Å². The fraction of sp³-hybridized carbons (Fsp3) is 0.316. The van der Waals surface area contributed by atoms with Crippen LogP contribution in [0.2, 0.25) is 0 Å². The summed E-state index contributed by atoms with van der Waals surface area (Å²) >= 11 is 0. The molecule has 1 N–H and O–H groups in total. The summed E-state index contributed by atoms with van der Waals surface area (Å²) < 4.78 is 32.5. The molecule has 0 bridgehead atoms. The number of anilines is 1. The van der Waals surface area contributed by atoms with Crippen molar-refractivity contribution < 1.29 is 18.3 Å². The zero-order valence-electron chi connectivity index (χ0n) is 14.6. The number of hydrogen-bond donors (Lipinski definition) is 1. The molecule has 2 rings (SSSR count). The van der Waals surface area contributed by atoms with E-state index < -0.39 is 11.6 Å². The fourth-order valence-corrected chi connectivity index (χ4v) is 2.46. The summed E-state index contributed by atoms with van der Waals surface area (Å²) in [4.78, 5) is 14.0. The fourth-order valence-electron chi connectivity index (χ4n) is 2.46. The Bertz CT molecular complexity index is 750. The molecule has 6 heteroatoms. The third kappa shape index (κ3) is 5.26. The van der Waals surface area contributed by atoms with E-state index in [2.05, 4.69) is 5.32 Å². The highest BCUT2D eigenvalue weighted by Gasteiger charge is 2.13. The predicted octanol–water partition coefficient (Wildman–Crippen LogP) is 3.74. The Balaban J connectivity index is 1.98. The first-order valence-electron chi connectivity index (χ1n) is 8.03. The van der Waals surface area contributed by atoms with Crippen molar-refractivity contribution in [3.05, 3.63) is 59.2 Å². The monoisotopic (exact) mass is 348 g/mol. The Hall–Kier alpha value is -2.47. The van der Waals surface area contributed by atoms with Crippen LogP contribution in [-0.4, -0.2) is 31.0 Å². The average molecular weight is 348 g/mol. The summed E-state index contributed by atoms with van der Waals surface area (Å²) in [5.74, 6) is -1.05. The minimum atomic E-state index is -0.464. The number of benzene rings is 2. The van der Waals surface area contributed by atoms with Gasteiger partial charge in [0.05, 0.1) is 19.3 Å². The van der Waals surface area contributed by atoms with Crippen LogP contribution in [0.15, 0.2) is 36.4 Å². The van der Waals surface area contributed by atoms with Crippen molar-refractivity contribution in [3.8, 4) is 5.75 Å². The number of nitrogens with one attached hydrogen (secondary N) is 1. The largest absolute Gasteiger partial charge is 0.494 e. The minimum absolute atomic E-state index is 0.0808. The van der Waals surface area contributed by atoms with Gasteiger partial charge in [-0.15, -0.1) is 0 Å². The first-order chi connectivity index (χ1) is 11.9. The van der Waals surface area contributed by atoms with Crippen LogP contribution in [0.25, 0.3) is 0 Å². The molecular formula is C19H22F2N2O2. The van der Waals surface area contributed by atoms with Crippen molar-refractivity contribution >= 4 is 11.6 Å². The third-order valence-corrected chi connectivity index (χ3v) is 3.84. The lowest BCUT2D eigenvalue weighted by atomic mass is 10.2. The molecule has 0 aliphatic carbocycles. The molecule has 25 heavy (non-hydrogen) atoms. The lowest BCUT2D eigenvalue weighted by Crippen LogP contribution is -2.33. The lowest BCUT2D eigenvalue weighted by Gasteiger charge is -2.20. The average Bonchev–Trinajstić information content (AvgIpc) is 2.57. The van der Waals surface area contributed by atoms with Crippen molar-refractivity contribution in [1.82, 2.24) is 4.90 Å². The number of rotatable bonds is 7. The molecule has 2 aromatic carbocycles. The van der Waals surface area contributed by atoms with Gasteiger partial charge in [-0.1, -0.05) is 19.1 Å². The number of nitrogens with zero attached hydrogens (tertiary/aromatic N) is 1. The van der Waals surface area contributed by atoms with E-state index in [1.54, 1.807) is 25.1 Å². The second kappa shape index (κ2) is 8.58. The number of carbonyl (C=O) groups is 1. The zero-order chi connectivity index (χ0) is 18.4. The number of likely N-dealkylation sites (N-methyl/N-ethyl adjacent to an activating group) is 1. The highest BCUT2D eigenvalue weighted by atomic mass is 19.1. The van der Waals surface area contributed by atoms with Crippen LogP contribution in [0, 0.1) is 18.6 Å². The highest BCUT2D eigenvalue weighted by molar-refractivity contribution is 5.92. The molecule has 134 valence electrons. The number of carbonyl (C=O) groups excluding carboxylic acids is 1. The predicted molar refractivity (Wildman–Crippen MR) is 93.7 cm³/mol. The van der Waals surface area contributed by atoms with Gasteiger partial charge in [0.15, 0.2) is 11.6 Å². The Morgan fingerprint density at radius 2 is 1.92 bits per heavy atom. The van der Waals surface area contributed by atoms with Crippen molar-refractivity contribution in [3.63, 3.8) is 0 Å². The van der Waals surface area contributed by atoms with Crippen LogP contribution in [-0.2, 0) is 11.3 Å². The van der Waals surface area contributed by atoms with Gasteiger partial charge in [-0.25, -0.2) is 8.78 Å². The highest BCUT2D eigenvalue weighted by Crippen LogP contribution is 2.19. The lowest BCUT2D eigenvalue weighted by molar-refractivity contribution is -0.117. The van der Waals surface area contributed by atoms with Crippen LogP contribution in [0.3, 0.4) is 0 Å². The second-order valence-electron chi connectivity index (χ2n) is 5.80. The van der Waals surface area contributed by atoms with Crippen LogP contribution < -0.4 is 10.1 Å². The van der Waals surface area contributed by atoms with Gasteiger partial charge in [-0.3, -0.25) is 9.69 Å². The summed E-state index contributed by atoms with van der Waals surface area (Å²) in [6.07, 6.45) is 0. The Morgan fingerprint density at radius 1 is 1.16 bits per heavy atom. The van der Waals surface area contributed by atoms with Gasteiger partial charge in [-0.05, 0) is 48.9 Å². The molecule has 0 aliphatic heterocycles. The summed E-state index contributed by atoms with van der Waals surface area (Å²) in [5.41, 5.74) is 1.67. The van der Waals surface area contributed by atoms with E-state index in [1.165, 1.54) is 25.3 Å². The van der Waals surface area contributed by atoms with Crippen molar-refractivity contribution in [2.45, 2.75) is 20.4 Å². The number of amides is 1. The van der Waals surface area contributed by atoms with Crippen molar-refractivity contribution in [1.29, 1.82) is 0 Å². The first-order valence-corrected chi connectivity index (χ1v) is 8.03. The van der Waals surface area contributed by atoms with Crippen LogP contribution in [0.5, 0.6) is 5.75 Å². The maximum absolute atomic E-state index is 13.8. The van der Waals surface area contributed by atoms with Crippen LogP contribution in [0.1, 0.15) is 18.1 Å². The molecule has 0 unspecified atom stereocenters. The molecule has 2 aromatic rings. The van der Waals surface area contributed by atoms with E-state index in [4.69, 9.17) is 4.74 Å². The van der Waals surface area contributed by atoms with Crippen molar-refractivity contribution in [2.24, 2.45) is 0 Å². The van der Waals surface area contributed by atoms with Gasteiger partial charge < -0.3 is 10.1 Å². The normalized spacial score (nSPS) is 10.8. The van der Waals surface area contributed by atoms with Crippen LogP contribution in [0.4, 0.5) is 14.5 Å². The van der Waals surface area contributed by atoms with E-state index in [0.29, 0.717) is 13.1 Å². The molecule has 0 saturated heterocycles. The van der Waals surface area contributed by atoms with E-state index >= 15 is 0 Å². The number of aryl methyl sites for hydroxylation is 1. The molecular weight excluding hydrogens is 326 g/mol. The number of ether oxygens (including phenoxy) is 1. The number of methoxy groups -OCH3 is 1. The SMILES string of the molecule is CCN(CC(=O)Nc1ccc(C)cc1F)Cc1ccc(OC)c(F)c1. The molecule has 4 nitrogen and oxygen atoms in total. The molecule has 1 amide bonds. The van der Waals surface area contributed by atoms with Crippen LogP contribution >= 0.6 is 0 Å². The van der Waals surface area contributed by atoms with E-state index in [0.717, 1.165) is 11.1 Å². The standard InChI is InChI=1S/C19H22F2N2O2/c1-4-23(11-14-6-8-18(25-3)16(21)10-14)12-19(24)22-17-7-5-13(2)9-15(17)20/h5-10H,4,11-12H2,1-3H3,(H,22,24). The molecule has 0 saturated carbocycles. The molecule has 0 aromatic heterocycles. The quantitative estimate of drug-likeness (QED) is 0.829. The topological polar surface area (TPSA) is 41.6 Å². The van der Waals surface area contributed by atoms with E-state index in [-0.39, 0.29) is 23.9 Å². The first kappa shape index (κ1) is 18.9. The van der Waals surface area contributed by atoms with Gasteiger partial charge in [0.25, 0.3) is 0 Å². The molecule has 0 spiro atoms. The number of halogens is 2. The van der Waals surface area contributed by atoms with Gasteiger partial charge in [0, 0.05) is 6.54 Å². The maximum atomic E-state index is 13.8. The Labute approximate surface area is 146 Å². The Kier molecular flexibility index (Phi) is 6.47. The summed E-state index contributed by atoms with van der Waals surface area (Å²) in [6.45, 7) is 4.76. The van der Waals surface area contributed by atoms with E-state index in [9.17, 15) is 13.6 Å². The Morgan fingerprint density at radius 3 is 2.52 bits per heavy atom. The maximum Gasteiger partial charge on any atom is 0.238 e. The third-order valence-electron chi connectivity index (χ3n) is 3.84. The number of hydrogen-bond acceptors (Lipinski definition) is 3. The molecule has 0 aliphatic rings. The minimum Gasteiger partial charge on any atom is -0.494 e.